The zero-order valence-electron chi connectivity index (χ0n) is 15.0. The van der Waals surface area contributed by atoms with Crippen molar-refractivity contribution in [2.75, 3.05) is 26.8 Å². The molecule has 1 heterocycles. The lowest BCUT2D eigenvalue weighted by molar-refractivity contribution is -0.219. The van der Waals surface area contributed by atoms with Gasteiger partial charge in [-0.05, 0) is 42.9 Å². The van der Waals surface area contributed by atoms with Crippen molar-refractivity contribution in [1.29, 1.82) is 5.26 Å². The van der Waals surface area contributed by atoms with Crippen LogP contribution in [0.15, 0.2) is 0 Å². The number of nitrogens with zero attached hydrogens (tertiary/aromatic N) is 2. The number of hydroxylamine groups is 2. The van der Waals surface area contributed by atoms with Gasteiger partial charge in [-0.3, -0.25) is 4.84 Å². The summed E-state index contributed by atoms with van der Waals surface area (Å²) in [4.78, 5) is 6.05. The minimum Gasteiger partial charge on any atom is -0.393 e. The fourth-order valence-electron chi connectivity index (χ4n) is 3.77. The molecule has 132 valence electrons. The largest absolute Gasteiger partial charge is 0.393 e. The van der Waals surface area contributed by atoms with Crippen LogP contribution in [0.4, 0.5) is 0 Å². The van der Waals surface area contributed by atoms with Gasteiger partial charge in [0.05, 0.1) is 31.4 Å². The first kappa shape index (κ1) is 18.7. The molecule has 2 rings (SSSR count). The minimum absolute atomic E-state index is 0.0391. The second-order valence-electron chi connectivity index (χ2n) is 8.35. The molecule has 0 amide bonds. The summed E-state index contributed by atoms with van der Waals surface area (Å²) < 4.78 is 5.59. The Bertz CT molecular complexity index is 415. The molecule has 0 aromatic rings. The van der Waals surface area contributed by atoms with Crippen molar-refractivity contribution in [3.63, 3.8) is 0 Å². The van der Waals surface area contributed by atoms with Crippen molar-refractivity contribution in [2.24, 2.45) is 23.2 Å². The van der Waals surface area contributed by atoms with Crippen LogP contribution in [0.3, 0.4) is 0 Å². The van der Waals surface area contributed by atoms with Crippen molar-refractivity contribution in [3.05, 3.63) is 0 Å². The van der Waals surface area contributed by atoms with E-state index < -0.39 is 0 Å². The van der Waals surface area contributed by atoms with E-state index in [0.717, 1.165) is 32.4 Å². The summed E-state index contributed by atoms with van der Waals surface area (Å²) in [6, 6.07) is 2.30. The summed E-state index contributed by atoms with van der Waals surface area (Å²) in [5.74, 6) is 0.757. The summed E-state index contributed by atoms with van der Waals surface area (Å²) in [6.45, 7) is 9.09. The highest BCUT2D eigenvalue weighted by molar-refractivity contribution is 4.91. The van der Waals surface area contributed by atoms with Crippen LogP contribution in [0.2, 0.25) is 0 Å². The van der Waals surface area contributed by atoms with E-state index in [1.807, 2.05) is 5.06 Å². The molecule has 5 nitrogen and oxygen atoms in total. The smallest absolute Gasteiger partial charge is 0.0724 e. The van der Waals surface area contributed by atoms with E-state index in [4.69, 9.17) is 14.8 Å². The Hall–Kier alpha value is -0.670. The second-order valence-corrected chi connectivity index (χ2v) is 8.35. The zero-order valence-corrected chi connectivity index (χ0v) is 15.0. The Morgan fingerprint density at radius 1 is 1.17 bits per heavy atom. The highest BCUT2D eigenvalue weighted by Crippen LogP contribution is 2.35. The van der Waals surface area contributed by atoms with Crippen LogP contribution in [0.25, 0.3) is 0 Å². The van der Waals surface area contributed by atoms with Crippen molar-refractivity contribution in [1.82, 2.24) is 5.06 Å². The van der Waals surface area contributed by atoms with Crippen LogP contribution < -0.4 is 0 Å². The fraction of sp³-hybridized carbons (Fsp3) is 0.944. The van der Waals surface area contributed by atoms with Crippen LogP contribution in [-0.4, -0.2) is 49.2 Å². The summed E-state index contributed by atoms with van der Waals surface area (Å²) in [5.41, 5.74) is 0.228. The normalized spacial score (nSPS) is 36.6. The van der Waals surface area contributed by atoms with Crippen molar-refractivity contribution < 1.29 is 14.7 Å². The third-order valence-electron chi connectivity index (χ3n) is 5.39. The number of methoxy groups -OCH3 is 1. The molecule has 1 aliphatic carbocycles. The van der Waals surface area contributed by atoms with Gasteiger partial charge in [-0.1, -0.05) is 20.8 Å². The maximum Gasteiger partial charge on any atom is 0.0724 e. The number of hydrogen-bond acceptors (Lipinski definition) is 5. The second kappa shape index (κ2) is 7.94. The predicted molar refractivity (Wildman–Crippen MR) is 88.3 cm³/mol. The molecule has 0 bridgehead atoms. The van der Waals surface area contributed by atoms with Crippen LogP contribution in [-0.2, 0) is 9.57 Å². The van der Waals surface area contributed by atoms with E-state index in [-0.39, 0.29) is 29.5 Å². The lowest BCUT2D eigenvalue weighted by atomic mass is 9.76. The van der Waals surface area contributed by atoms with Gasteiger partial charge in [0, 0.05) is 19.6 Å². The van der Waals surface area contributed by atoms with Gasteiger partial charge < -0.3 is 9.84 Å². The molecule has 2 fully saturated rings. The van der Waals surface area contributed by atoms with Crippen LogP contribution in [0.1, 0.15) is 46.5 Å². The van der Waals surface area contributed by atoms with Gasteiger partial charge in [0.15, 0.2) is 0 Å². The highest BCUT2D eigenvalue weighted by Gasteiger charge is 2.35. The first-order chi connectivity index (χ1) is 10.8. The topological polar surface area (TPSA) is 65.7 Å². The quantitative estimate of drug-likeness (QED) is 0.861. The summed E-state index contributed by atoms with van der Waals surface area (Å²) in [6.07, 6.45) is 3.09. The molecule has 0 aromatic carbocycles. The number of piperidine rings is 1. The number of hydrogen-bond donors (Lipinski definition) is 1. The third-order valence-corrected chi connectivity index (χ3v) is 5.39. The van der Waals surface area contributed by atoms with Gasteiger partial charge in [0.25, 0.3) is 0 Å². The van der Waals surface area contributed by atoms with Crippen LogP contribution >= 0.6 is 0 Å². The fourth-order valence-corrected chi connectivity index (χ4v) is 3.77. The van der Waals surface area contributed by atoms with Crippen molar-refractivity contribution in [2.45, 2.75) is 58.7 Å². The van der Waals surface area contributed by atoms with Crippen LogP contribution in [0.5, 0.6) is 0 Å². The SMILES string of the molecule is CO[C@@H]1C[C@H](C(C)(C)C)CN(OC[C@H]2CC(O)C[C@@H](C#N)C2)C1. The number of rotatable bonds is 4. The van der Waals surface area contributed by atoms with Gasteiger partial charge in [0.1, 0.15) is 0 Å². The van der Waals surface area contributed by atoms with E-state index in [2.05, 4.69) is 26.8 Å². The lowest BCUT2D eigenvalue weighted by Gasteiger charge is -2.42. The first-order valence-corrected chi connectivity index (χ1v) is 8.80. The standard InChI is InChI=1S/C18H32N2O3/c1-18(2,3)15-8-17(22-4)11-20(10-15)23-12-14-5-13(9-19)6-16(21)7-14/h13-17,21H,5-8,10-12H2,1-4H3/t13-,14+,15-,16?,17+/m0/s1. The Morgan fingerprint density at radius 2 is 1.91 bits per heavy atom. The molecule has 5 heteroatoms. The van der Waals surface area contributed by atoms with Gasteiger partial charge in [0.2, 0.25) is 0 Å². The average Bonchev–Trinajstić information content (AvgIpc) is 2.51. The Labute approximate surface area is 140 Å². The summed E-state index contributed by atoms with van der Waals surface area (Å²) in [7, 11) is 1.77. The lowest BCUT2D eigenvalue weighted by Crippen LogP contribution is -2.48. The van der Waals surface area contributed by atoms with Crippen molar-refractivity contribution >= 4 is 0 Å². The molecule has 0 spiro atoms. The maximum absolute atomic E-state index is 9.91. The summed E-state index contributed by atoms with van der Waals surface area (Å²) in [5, 5.41) is 21.0. The van der Waals surface area contributed by atoms with E-state index in [0.29, 0.717) is 18.9 Å². The zero-order chi connectivity index (χ0) is 17.0. The molecule has 23 heavy (non-hydrogen) atoms. The Morgan fingerprint density at radius 3 is 2.52 bits per heavy atom. The Balaban J connectivity index is 1.87. The first-order valence-electron chi connectivity index (χ1n) is 8.80. The molecule has 1 N–H and O–H groups in total. The molecule has 5 atom stereocenters. The third kappa shape index (κ3) is 5.42. The molecule has 1 unspecified atom stereocenters. The average molecular weight is 324 g/mol. The molecular weight excluding hydrogens is 292 g/mol. The molecule has 1 aliphatic heterocycles. The summed E-state index contributed by atoms with van der Waals surface area (Å²) >= 11 is 0. The predicted octanol–water partition coefficient (Wildman–Crippen LogP) is 2.60. The molecule has 2 aliphatic rings. The maximum atomic E-state index is 9.91. The Kier molecular flexibility index (Phi) is 6.44. The monoisotopic (exact) mass is 324 g/mol. The number of aliphatic hydroxyl groups is 1. The highest BCUT2D eigenvalue weighted by atomic mass is 16.7. The van der Waals surface area contributed by atoms with E-state index >= 15 is 0 Å². The van der Waals surface area contributed by atoms with Crippen molar-refractivity contribution in [3.8, 4) is 6.07 Å². The number of nitriles is 1. The number of ether oxygens (including phenoxy) is 1. The molecule has 1 saturated heterocycles. The molecular formula is C18H32N2O3. The van der Waals surface area contributed by atoms with E-state index in [1.54, 1.807) is 7.11 Å². The van der Waals surface area contributed by atoms with Gasteiger partial charge in [-0.2, -0.15) is 10.3 Å². The minimum atomic E-state index is -0.364. The molecule has 0 aromatic heterocycles. The molecule has 1 saturated carbocycles. The van der Waals surface area contributed by atoms with Gasteiger partial charge in [-0.15, -0.1) is 0 Å². The number of aliphatic hydroxyl groups excluding tert-OH is 1. The van der Waals surface area contributed by atoms with Gasteiger partial charge >= 0.3 is 0 Å². The van der Waals surface area contributed by atoms with E-state index in [1.165, 1.54) is 0 Å². The van der Waals surface area contributed by atoms with Gasteiger partial charge in [-0.25, -0.2) is 0 Å². The van der Waals surface area contributed by atoms with Crippen LogP contribution in [0, 0.1) is 34.5 Å². The molecule has 0 radical (unpaired) electrons. The van der Waals surface area contributed by atoms with E-state index in [9.17, 15) is 5.11 Å².